The van der Waals surface area contributed by atoms with E-state index in [4.69, 9.17) is 9.47 Å². The molecule has 17 nitrogen and oxygen atoms in total. The predicted molar refractivity (Wildman–Crippen MR) is 267 cm³/mol. The van der Waals surface area contributed by atoms with E-state index in [-0.39, 0.29) is 87.7 Å². The minimum absolute atomic E-state index is 0.0370. The number of amides is 4. The van der Waals surface area contributed by atoms with Crippen molar-refractivity contribution in [2.75, 3.05) is 40.0 Å². The summed E-state index contributed by atoms with van der Waals surface area (Å²) in [7, 11) is 1.66. The van der Waals surface area contributed by atoms with Gasteiger partial charge in [0.05, 0.1) is 51.1 Å². The van der Waals surface area contributed by atoms with Crippen LogP contribution in [0.2, 0.25) is 0 Å². The van der Waals surface area contributed by atoms with Crippen LogP contribution >= 0.6 is 0 Å². The van der Waals surface area contributed by atoms with Crippen molar-refractivity contribution in [3.8, 4) is 22.3 Å². The molecule has 1 aliphatic rings. The maximum absolute atomic E-state index is 14.3. The fraction of sp³-hybridized carbons (Fsp3) is 0.415. The van der Waals surface area contributed by atoms with Crippen molar-refractivity contribution in [2.24, 2.45) is 5.41 Å². The Labute approximate surface area is 413 Å². The van der Waals surface area contributed by atoms with Crippen LogP contribution in [-0.2, 0) is 35.2 Å². The predicted octanol–water partition coefficient (Wildman–Crippen LogP) is 6.03. The molecule has 5 atom stereocenters. The van der Waals surface area contributed by atoms with E-state index in [0.29, 0.717) is 13.0 Å². The number of H-pyrrole nitrogens is 1. The standard InChI is InChI=1S/C53H65FN10O7/c1-7-44(36-13-9-8-10-14-36)60-51(68)45-26-41(33-63(45)52(69)48(53(3,4)5)61-50(67)34(2)55-6)59-46(65)17-20-70-22-23-71-21-18-47(66)64-32-39(28-58-64)38-25-42-43(29-57-49(42)56-27-38)37-16-19-62(31-37)30-35-12-11-15-40(54)24-35/h8-16,19,24-25,27-29,31-32,34,41,44-45,48,55H,7,17-18,20-23,26,30,33H2,1-6H3,(H,56,57)(H,59,65)(H,60,68)(H,61,67)/t34-,41-,44+,45-,48+/m0/s1. The number of hydrogen-bond acceptors (Lipinski definition) is 10. The van der Waals surface area contributed by atoms with Crippen LogP contribution in [0.25, 0.3) is 33.3 Å². The highest BCUT2D eigenvalue weighted by molar-refractivity contribution is 5.96. The van der Waals surface area contributed by atoms with Gasteiger partial charge in [-0.3, -0.25) is 24.0 Å². The lowest BCUT2D eigenvalue weighted by atomic mass is 9.85. The van der Waals surface area contributed by atoms with Gasteiger partial charge in [-0.1, -0.05) is 70.2 Å². The Balaban J connectivity index is 0.855. The number of carbonyl (C=O) groups is 5. The Kier molecular flexibility index (Phi) is 17.3. The average molecular weight is 973 g/mol. The normalized spacial score (nSPS) is 16.1. The number of nitrogens with zero attached hydrogens (tertiary/aromatic N) is 5. The van der Waals surface area contributed by atoms with E-state index in [9.17, 15) is 28.4 Å². The molecular formula is C53H65FN10O7. The molecule has 4 aromatic heterocycles. The molecule has 7 rings (SSSR count). The third kappa shape index (κ3) is 13.4. The average Bonchev–Trinajstić information content (AvgIpc) is 4.20. The zero-order valence-corrected chi connectivity index (χ0v) is 41.2. The van der Waals surface area contributed by atoms with Gasteiger partial charge in [0.15, 0.2) is 0 Å². The molecule has 1 fully saturated rings. The zero-order valence-electron chi connectivity index (χ0n) is 41.2. The van der Waals surface area contributed by atoms with Gasteiger partial charge < -0.3 is 45.2 Å². The molecule has 0 aliphatic carbocycles. The number of halogens is 1. The highest BCUT2D eigenvalue weighted by atomic mass is 19.1. The Hall–Kier alpha value is -7.02. The molecule has 5 heterocycles. The van der Waals surface area contributed by atoms with Crippen LogP contribution in [-0.4, -0.2) is 123 Å². The van der Waals surface area contributed by atoms with E-state index in [0.717, 1.165) is 44.4 Å². The van der Waals surface area contributed by atoms with Crippen LogP contribution in [0.4, 0.5) is 4.39 Å². The van der Waals surface area contributed by atoms with E-state index < -0.39 is 35.5 Å². The smallest absolute Gasteiger partial charge is 0.249 e. The van der Waals surface area contributed by atoms with Crippen molar-refractivity contribution in [2.45, 2.75) is 97.1 Å². The molecule has 376 valence electrons. The van der Waals surface area contributed by atoms with E-state index in [1.54, 1.807) is 38.6 Å². The first-order valence-electron chi connectivity index (χ1n) is 24.2. The van der Waals surface area contributed by atoms with Crippen molar-refractivity contribution >= 4 is 40.6 Å². The van der Waals surface area contributed by atoms with Crippen LogP contribution in [0.3, 0.4) is 0 Å². The third-order valence-electron chi connectivity index (χ3n) is 12.7. The number of ether oxygens (including phenoxy) is 2. The number of nitrogens with one attached hydrogen (secondary N) is 5. The van der Waals surface area contributed by atoms with Crippen molar-refractivity contribution in [3.05, 3.63) is 121 Å². The first kappa shape index (κ1) is 51.8. The molecule has 1 saturated heterocycles. The first-order valence-corrected chi connectivity index (χ1v) is 24.2. The topological polar surface area (TPSA) is 207 Å². The monoisotopic (exact) mass is 973 g/mol. The molecular weight excluding hydrogens is 908 g/mol. The first-order chi connectivity index (χ1) is 34.1. The lowest BCUT2D eigenvalue weighted by Crippen LogP contribution is -2.59. The van der Waals surface area contributed by atoms with Crippen molar-refractivity contribution in [3.63, 3.8) is 0 Å². The van der Waals surface area contributed by atoms with Gasteiger partial charge in [-0.25, -0.2) is 14.1 Å². The maximum atomic E-state index is 14.3. The van der Waals surface area contributed by atoms with Crippen LogP contribution in [0.1, 0.15) is 82.3 Å². The quantitative estimate of drug-likeness (QED) is 0.0500. The minimum atomic E-state index is -0.934. The van der Waals surface area contributed by atoms with Gasteiger partial charge in [-0.2, -0.15) is 5.10 Å². The fourth-order valence-electron chi connectivity index (χ4n) is 8.63. The molecule has 6 aromatic rings. The second kappa shape index (κ2) is 23.7. The molecule has 18 heteroatoms. The van der Waals surface area contributed by atoms with Crippen LogP contribution in [0.15, 0.2) is 104 Å². The summed E-state index contributed by atoms with van der Waals surface area (Å²) in [6.45, 7) is 10.5. The lowest BCUT2D eigenvalue weighted by molar-refractivity contribution is -0.144. The second-order valence-electron chi connectivity index (χ2n) is 19.0. The summed E-state index contributed by atoms with van der Waals surface area (Å²) in [5.41, 5.74) is 5.29. The number of likely N-dealkylation sites (N-methyl/N-ethyl adjacent to an activating group) is 1. The summed E-state index contributed by atoms with van der Waals surface area (Å²) >= 11 is 0. The van der Waals surface area contributed by atoms with Crippen molar-refractivity contribution in [1.29, 1.82) is 0 Å². The molecule has 0 unspecified atom stereocenters. The van der Waals surface area contributed by atoms with Gasteiger partial charge in [0.25, 0.3) is 0 Å². The van der Waals surface area contributed by atoms with Crippen LogP contribution in [0.5, 0.6) is 0 Å². The summed E-state index contributed by atoms with van der Waals surface area (Å²) in [6.07, 6.45) is 11.8. The van der Waals surface area contributed by atoms with Crippen molar-refractivity contribution in [1.82, 2.24) is 50.5 Å². The zero-order chi connectivity index (χ0) is 50.7. The van der Waals surface area contributed by atoms with Gasteiger partial charge in [-0.05, 0) is 67.6 Å². The number of benzene rings is 2. The van der Waals surface area contributed by atoms with E-state index in [1.807, 2.05) is 99.4 Å². The summed E-state index contributed by atoms with van der Waals surface area (Å²) in [5.74, 6) is -1.90. The molecule has 0 bridgehead atoms. The Morgan fingerprint density at radius 3 is 2.37 bits per heavy atom. The summed E-state index contributed by atoms with van der Waals surface area (Å²) in [5, 5.41) is 17.1. The lowest BCUT2D eigenvalue weighted by Gasteiger charge is -2.36. The molecule has 2 aromatic carbocycles. The number of aromatic nitrogens is 5. The molecule has 0 saturated carbocycles. The summed E-state index contributed by atoms with van der Waals surface area (Å²) < 4.78 is 28.4. The number of rotatable bonds is 22. The van der Waals surface area contributed by atoms with Crippen LogP contribution in [0, 0.1) is 11.2 Å². The highest BCUT2D eigenvalue weighted by Gasteiger charge is 2.45. The molecule has 5 N–H and O–H groups in total. The summed E-state index contributed by atoms with van der Waals surface area (Å²) in [6, 6.07) is 17.0. The second-order valence-corrected chi connectivity index (χ2v) is 19.0. The Bertz CT molecular complexity index is 2780. The van der Waals surface area contributed by atoms with E-state index >= 15 is 0 Å². The maximum Gasteiger partial charge on any atom is 0.249 e. The van der Waals surface area contributed by atoms with E-state index in [2.05, 4.69) is 36.3 Å². The number of fused-ring (bicyclic) bond motifs is 1. The number of pyridine rings is 1. The number of aromatic amines is 1. The number of likely N-dealkylation sites (tertiary alicyclic amines) is 1. The van der Waals surface area contributed by atoms with Gasteiger partial charge in [0, 0.05) is 84.2 Å². The van der Waals surface area contributed by atoms with Gasteiger partial charge >= 0.3 is 0 Å². The van der Waals surface area contributed by atoms with Crippen LogP contribution < -0.4 is 21.3 Å². The number of hydrogen-bond donors (Lipinski definition) is 5. The van der Waals surface area contributed by atoms with Crippen molar-refractivity contribution < 1.29 is 37.8 Å². The molecule has 0 spiro atoms. The van der Waals surface area contributed by atoms with Gasteiger partial charge in [-0.15, -0.1) is 0 Å². The molecule has 71 heavy (non-hydrogen) atoms. The molecule has 0 radical (unpaired) electrons. The minimum Gasteiger partial charge on any atom is -0.379 e. The Morgan fingerprint density at radius 2 is 1.65 bits per heavy atom. The molecule has 4 amide bonds. The fourth-order valence-corrected chi connectivity index (χ4v) is 8.63. The SMILES string of the molecule is CC[C@@H](NC(=O)[C@@H]1C[C@H](NC(=O)CCOCCOCCC(=O)n2cc(-c3cnc4[nH]cc(-c5ccn(Cc6cccc(F)c6)c5)c4c3)cn2)CN1C(=O)[C@@H](NC(=O)[C@H](C)NC)C(C)(C)C)c1ccccc1. The molecule has 1 aliphatic heterocycles. The highest BCUT2D eigenvalue weighted by Crippen LogP contribution is 2.32. The Morgan fingerprint density at radius 1 is 0.887 bits per heavy atom. The van der Waals surface area contributed by atoms with Gasteiger partial charge in [0.1, 0.15) is 23.5 Å². The number of carbonyl (C=O) groups excluding carboxylic acids is 5. The third-order valence-corrected chi connectivity index (χ3v) is 12.7. The summed E-state index contributed by atoms with van der Waals surface area (Å²) in [4.78, 5) is 76.9. The van der Waals surface area contributed by atoms with Gasteiger partial charge in [0.2, 0.25) is 29.5 Å². The van der Waals surface area contributed by atoms with E-state index in [1.165, 1.54) is 21.7 Å². The largest absolute Gasteiger partial charge is 0.379 e.